The molecule has 2 aromatic carbocycles. The summed E-state index contributed by atoms with van der Waals surface area (Å²) in [5, 5.41) is 0. The molecule has 0 N–H and O–H groups in total. The molecule has 1 saturated heterocycles. The molecule has 2 amide bonds. The van der Waals surface area contributed by atoms with E-state index in [2.05, 4.69) is 11.8 Å². The van der Waals surface area contributed by atoms with E-state index in [1.54, 1.807) is 0 Å². The molecule has 4 nitrogen and oxygen atoms in total. The third-order valence-electron chi connectivity index (χ3n) is 4.53. The highest BCUT2D eigenvalue weighted by atomic mass is 19.4. The zero-order valence-corrected chi connectivity index (χ0v) is 15.5. The minimum Gasteiger partial charge on any atom is -0.335 e. The third kappa shape index (κ3) is 4.95. The Morgan fingerprint density at radius 3 is 2.00 bits per heavy atom. The highest BCUT2D eigenvalue weighted by Gasteiger charge is 2.37. The number of benzene rings is 2. The van der Waals surface area contributed by atoms with E-state index < -0.39 is 40.8 Å². The van der Waals surface area contributed by atoms with Gasteiger partial charge in [-0.2, -0.15) is 13.2 Å². The number of amides is 2. The second kappa shape index (κ2) is 8.53. The molecule has 0 bridgehead atoms. The Kier molecular flexibility index (Phi) is 6.06. The number of hydrogen-bond acceptors (Lipinski definition) is 2. The van der Waals surface area contributed by atoms with E-state index in [4.69, 9.17) is 0 Å². The molecule has 0 aromatic heterocycles. The normalized spacial score (nSPS) is 14.2. The molecular weight excluding hydrogens is 407 g/mol. The first-order valence-electron chi connectivity index (χ1n) is 8.87. The Balaban J connectivity index is 1.65. The molecule has 0 radical (unpaired) electrons. The number of piperazine rings is 1. The minimum absolute atomic E-state index is 0.0114. The predicted octanol–water partition coefficient (Wildman–Crippen LogP) is 3.32. The fraction of sp³-hybridized carbons (Fsp3) is 0.238. The van der Waals surface area contributed by atoms with E-state index in [-0.39, 0.29) is 32.2 Å². The van der Waals surface area contributed by atoms with Crippen molar-refractivity contribution < 1.29 is 31.5 Å². The summed E-state index contributed by atoms with van der Waals surface area (Å²) in [5.74, 6) is 2.12. The van der Waals surface area contributed by atoms with Crippen molar-refractivity contribution in [1.82, 2.24) is 9.80 Å². The van der Waals surface area contributed by atoms with E-state index >= 15 is 0 Å². The van der Waals surface area contributed by atoms with E-state index in [0.717, 1.165) is 12.1 Å². The van der Waals surface area contributed by atoms with Gasteiger partial charge in [0.1, 0.15) is 11.6 Å². The third-order valence-corrected chi connectivity index (χ3v) is 4.53. The molecule has 0 atom stereocenters. The molecule has 0 unspecified atom stereocenters. The van der Waals surface area contributed by atoms with Gasteiger partial charge in [-0.15, -0.1) is 0 Å². The highest BCUT2D eigenvalue weighted by molar-refractivity contribution is 5.97. The second-order valence-electron chi connectivity index (χ2n) is 6.53. The number of halogens is 5. The fourth-order valence-corrected chi connectivity index (χ4v) is 2.96. The van der Waals surface area contributed by atoms with Crippen LogP contribution in [0.25, 0.3) is 0 Å². The zero-order valence-electron chi connectivity index (χ0n) is 15.5. The lowest BCUT2D eigenvalue weighted by Crippen LogP contribution is -2.50. The van der Waals surface area contributed by atoms with E-state index in [9.17, 15) is 31.5 Å². The van der Waals surface area contributed by atoms with Gasteiger partial charge < -0.3 is 9.80 Å². The van der Waals surface area contributed by atoms with E-state index in [1.165, 1.54) is 34.1 Å². The van der Waals surface area contributed by atoms with Gasteiger partial charge in [0.25, 0.3) is 11.8 Å². The van der Waals surface area contributed by atoms with Gasteiger partial charge in [0, 0.05) is 37.7 Å². The van der Waals surface area contributed by atoms with Gasteiger partial charge in [0.05, 0.1) is 11.1 Å². The number of carbonyl (C=O) groups is 2. The largest absolute Gasteiger partial charge is 0.417 e. The Hall–Kier alpha value is -3.41. The number of rotatable bonds is 1. The zero-order chi connectivity index (χ0) is 21.9. The summed E-state index contributed by atoms with van der Waals surface area (Å²) in [4.78, 5) is 27.3. The van der Waals surface area contributed by atoms with Gasteiger partial charge in [-0.1, -0.05) is 5.92 Å². The lowest BCUT2D eigenvalue weighted by atomic mass is 10.0. The molecule has 30 heavy (non-hydrogen) atoms. The molecule has 9 heteroatoms. The number of carbonyl (C=O) groups excluding carboxylic acids is 2. The van der Waals surface area contributed by atoms with Gasteiger partial charge >= 0.3 is 6.18 Å². The fourth-order valence-electron chi connectivity index (χ4n) is 2.96. The molecule has 0 spiro atoms. The standard InChI is InChI=1S/C21H15F5N2O2/c22-15-4-1-14(2-5-15)3-8-19(29)27-9-11-28(12-10-27)20(30)17-7-6-16(23)13-18(17)21(24,25)26/h1-2,4-7,13H,9-12H2. The van der Waals surface area contributed by atoms with Crippen LogP contribution in [0.15, 0.2) is 42.5 Å². The molecule has 1 aliphatic heterocycles. The molecule has 2 aromatic rings. The van der Waals surface area contributed by atoms with E-state index in [0.29, 0.717) is 5.56 Å². The maximum Gasteiger partial charge on any atom is 0.417 e. The first kappa shape index (κ1) is 21.3. The quantitative estimate of drug-likeness (QED) is 0.523. The van der Waals surface area contributed by atoms with Crippen LogP contribution in [0.5, 0.6) is 0 Å². The summed E-state index contributed by atoms with van der Waals surface area (Å²) in [7, 11) is 0. The SMILES string of the molecule is O=C(C#Cc1ccc(F)cc1)N1CCN(C(=O)c2ccc(F)cc2C(F)(F)F)CC1. The molecule has 0 aliphatic carbocycles. The van der Waals surface area contributed by atoms with Crippen LogP contribution < -0.4 is 0 Å². The summed E-state index contributed by atoms with van der Waals surface area (Å²) >= 11 is 0. The minimum atomic E-state index is -4.87. The molecule has 156 valence electrons. The number of alkyl halides is 3. The average Bonchev–Trinajstić information content (AvgIpc) is 2.72. The summed E-state index contributed by atoms with van der Waals surface area (Å²) < 4.78 is 65.5. The predicted molar refractivity (Wildman–Crippen MR) is 97.2 cm³/mol. The first-order valence-corrected chi connectivity index (χ1v) is 8.87. The Morgan fingerprint density at radius 1 is 0.833 bits per heavy atom. The molecule has 3 rings (SSSR count). The number of nitrogens with zero attached hydrogens (tertiary/aromatic N) is 2. The average molecular weight is 422 g/mol. The van der Waals surface area contributed by atoms with Gasteiger partial charge in [0.2, 0.25) is 0 Å². The lowest BCUT2D eigenvalue weighted by Gasteiger charge is -2.34. The van der Waals surface area contributed by atoms with Crippen LogP contribution in [0.4, 0.5) is 22.0 Å². The first-order chi connectivity index (χ1) is 14.1. The molecular formula is C21H15F5N2O2. The Morgan fingerprint density at radius 2 is 1.40 bits per heavy atom. The van der Waals surface area contributed by atoms with Crippen molar-refractivity contribution >= 4 is 11.8 Å². The smallest absolute Gasteiger partial charge is 0.335 e. The molecule has 1 aliphatic rings. The Bertz CT molecular complexity index is 1010. The maximum atomic E-state index is 13.2. The molecule has 1 heterocycles. The second-order valence-corrected chi connectivity index (χ2v) is 6.53. The van der Waals surface area contributed by atoms with Crippen molar-refractivity contribution in [2.24, 2.45) is 0 Å². The monoisotopic (exact) mass is 422 g/mol. The summed E-state index contributed by atoms with van der Waals surface area (Å²) in [5.41, 5.74) is -1.52. The number of hydrogen-bond donors (Lipinski definition) is 0. The maximum absolute atomic E-state index is 13.2. The van der Waals surface area contributed by atoms with Crippen molar-refractivity contribution in [3.63, 3.8) is 0 Å². The van der Waals surface area contributed by atoms with Crippen molar-refractivity contribution in [3.8, 4) is 11.8 Å². The topological polar surface area (TPSA) is 40.6 Å². The summed E-state index contributed by atoms with van der Waals surface area (Å²) in [6, 6.07) is 7.17. The van der Waals surface area contributed by atoms with Crippen LogP contribution in [-0.4, -0.2) is 47.8 Å². The van der Waals surface area contributed by atoms with Crippen LogP contribution in [0.2, 0.25) is 0 Å². The van der Waals surface area contributed by atoms with Gasteiger partial charge in [-0.3, -0.25) is 9.59 Å². The van der Waals surface area contributed by atoms with Crippen LogP contribution in [0.3, 0.4) is 0 Å². The molecule has 1 fully saturated rings. The van der Waals surface area contributed by atoms with Gasteiger partial charge in [0.15, 0.2) is 0 Å². The van der Waals surface area contributed by atoms with Crippen LogP contribution in [0, 0.1) is 23.5 Å². The van der Waals surface area contributed by atoms with E-state index in [1.807, 2.05) is 0 Å². The lowest BCUT2D eigenvalue weighted by molar-refractivity contribution is -0.138. The van der Waals surface area contributed by atoms with Crippen molar-refractivity contribution in [1.29, 1.82) is 0 Å². The van der Waals surface area contributed by atoms with Gasteiger partial charge in [-0.05, 0) is 42.5 Å². The molecule has 0 saturated carbocycles. The van der Waals surface area contributed by atoms with Gasteiger partial charge in [-0.25, -0.2) is 8.78 Å². The summed E-state index contributed by atoms with van der Waals surface area (Å²) in [6.45, 7) is 0.200. The van der Waals surface area contributed by atoms with Crippen molar-refractivity contribution in [2.45, 2.75) is 6.18 Å². The van der Waals surface area contributed by atoms with Crippen LogP contribution in [0.1, 0.15) is 21.5 Å². The van der Waals surface area contributed by atoms with Crippen LogP contribution in [-0.2, 0) is 11.0 Å². The Labute approximate surface area is 168 Å². The highest BCUT2D eigenvalue weighted by Crippen LogP contribution is 2.33. The summed E-state index contributed by atoms with van der Waals surface area (Å²) in [6.07, 6.45) is -4.87. The van der Waals surface area contributed by atoms with Crippen LogP contribution >= 0.6 is 0 Å². The van der Waals surface area contributed by atoms with Crippen molar-refractivity contribution in [2.75, 3.05) is 26.2 Å². The van der Waals surface area contributed by atoms with Crippen molar-refractivity contribution in [3.05, 3.63) is 70.8 Å².